The predicted octanol–water partition coefficient (Wildman–Crippen LogP) is 2.88. The van der Waals surface area contributed by atoms with Gasteiger partial charge in [0.2, 0.25) is 0 Å². The minimum atomic E-state index is -0.493. The maximum atomic E-state index is 12.5. The molecule has 1 aromatic rings. The summed E-state index contributed by atoms with van der Waals surface area (Å²) in [4.78, 5) is 23.7. The number of aryl methyl sites for hydroxylation is 2. The summed E-state index contributed by atoms with van der Waals surface area (Å²) in [6.07, 6.45) is 6.27. The van der Waals surface area contributed by atoms with Crippen LogP contribution in [-0.2, 0) is 22.4 Å². The summed E-state index contributed by atoms with van der Waals surface area (Å²) in [7, 11) is 0. The van der Waals surface area contributed by atoms with Gasteiger partial charge in [-0.2, -0.15) is 5.26 Å². The average molecular weight is 399 g/mol. The molecular weight excluding hydrogens is 368 g/mol. The number of carbonyl (C=O) groups excluding carboxylic acids is 2. The second-order valence-electron chi connectivity index (χ2n) is 6.94. The van der Waals surface area contributed by atoms with E-state index < -0.39 is 12.0 Å². The first kappa shape index (κ1) is 22.3. The Labute approximate surface area is 172 Å². The van der Waals surface area contributed by atoms with E-state index in [4.69, 9.17) is 4.74 Å². The van der Waals surface area contributed by atoms with Crippen LogP contribution in [-0.4, -0.2) is 31.7 Å². The van der Waals surface area contributed by atoms with Gasteiger partial charge in [-0.3, -0.25) is 4.79 Å². The molecule has 0 saturated heterocycles. The van der Waals surface area contributed by atoms with E-state index in [1.165, 1.54) is 30.2 Å². The van der Waals surface area contributed by atoms with Gasteiger partial charge in [0, 0.05) is 19.3 Å². The summed E-state index contributed by atoms with van der Waals surface area (Å²) >= 11 is 0. The predicted molar refractivity (Wildman–Crippen MR) is 111 cm³/mol. The van der Waals surface area contributed by atoms with E-state index >= 15 is 0 Å². The van der Waals surface area contributed by atoms with Crippen molar-refractivity contribution in [1.29, 1.82) is 5.26 Å². The Hall–Kier alpha value is -3.01. The van der Waals surface area contributed by atoms with Crippen molar-refractivity contribution in [1.82, 2.24) is 16.0 Å². The molecule has 0 bridgehead atoms. The third kappa shape index (κ3) is 6.83. The maximum absolute atomic E-state index is 12.5. The molecule has 7 nitrogen and oxygen atoms in total. The zero-order chi connectivity index (χ0) is 21.1. The van der Waals surface area contributed by atoms with Gasteiger partial charge in [-0.05, 0) is 55.7 Å². The number of alkyl carbamates (subject to hydrolysis) is 1. The van der Waals surface area contributed by atoms with E-state index in [0.29, 0.717) is 19.7 Å². The van der Waals surface area contributed by atoms with Crippen molar-refractivity contribution < 1.29 is 14.3 Å². The van der Waals surface area contributed by atoms with Crippen molar-refractivity contribution >= 4 is 12.0 Å². The van der Waals surface area contributed by atoms with Gasteiger partial charge >= 0.3 is 6.09 Å². The first-order chi connectivity index (χ1) is 14.1. The van der Waals surface area contributed by atoms with Crippen LogP contribution >= 0.6 is 0 Å². The molecule has 1 aliphatic carbocycles. The molecule has 1 aliphatic rings. The van der Waals surface area contributed by atoms with Crippen LogP contribution in [0.4, 0.5) is 4.79 Å². The van der Waals surface area contributed by atoms with Gasteiger partial charge < -0.3 is 20.7 Å². The van der Waals surface area contributed by atoms with Gasteiger partial charge in [0.1, 0.15) is 11.6 Å². The molecule has 0 saturated carbocycles. The molecule has 1 atom stereocenters. The number of nitrogens with zero attached hydrogens (tertiary/aromatic N) is 1. The molecule has 156 valence electrons. The molecule has 29 heavy (non-hydrogen) atoms. The standard InChI is InChI=1S/C22H30N4O3/c1-3-20(18-10-9-16-7-5-6-8-17(16)13-18)26-21(27)19(14-23)15-24-11-12-25-22(28)29-4-2/h9-10,13,15,20,24H,3-8,11-12H2,1-2H3,(H,25,28)(H,26,27)/b19-15-. The molecule has 0 fully saturated rings. The largest absolute Gasteiger partial charge is 0.450 e. The molecule has 2 rings (SSSR count). The van der Waals surface area contributed by atoms with Crippen LogP contribution in [0, 0.1) is 11.3 Å². The highest BCUT2D eigenvalue weighted by Gasteiger charge is 2.18. The minimum absolute atomic E-state index is 0.00227. The summed E-state index contributed by atoms with van der Waals surface area (Å²) in [6, 6.07) is 8.22. The second-order valence-corrected chi connectivity index (χ2v) is 6.94. The number of rotatable bonds is 9. The van der Waals surface area contributed by atoms with Crippen molar-refractivity contribution in [2.75, 3.05) is 19.7 Å². The number of hydrogen-bond acceptors (Lipinski definition) is 5. The summed E-state index contributed by atoms with van der Waals surface area (Å²) in [5.74, 6) is -0.414. The molecular formula is C22H30N4O3. The first-order valence-corrected chi connectivity index (χ1v) is 10.3. The summed E-state index contributed by atoms with van der Waals surface area (Å²) < 4.78 is 4.75. The second kappa shape index (κ2) is 11.7. The van der Waals surface area contributed by atoms with Crippen LogP contribution in [0.3, 0.4) is 0 Å². The first-order valence-electron chi connectivity index (χ1n) is 10.3. The lowest BCUT2D eigenvalue weighted by Gasteiger charge is -2.21. The van der Waals surface area contributed by atoms with Crippen LogP contribution in [0.15, 0.2) is 30.0 Å². The number of amides is 2. The van der Waals surface area contributed by atoms with Crippen molar-refractivity contribution in [3.8, 4) is 6.07 Å². The number of benzene rings is 1. The van der Waals surface area contributed by atoms with Gasteiger partial charge in [0.25, 0.3) is 5.91 Å². The average Bonchev–Trinajstić information content (AvgIpc) is 2.74. The Morgan fingerprint density at radius 1 is 1.21 bits per heavy atom. The highest BCUT2D eigenvalue weighted by atomic mass is 16.5. The molecule has 0 spiro atoms. The number of nitrogens with one attached hydrogen (secondary N) is 3. The smallest absolute Gasteiger partial charge is 0.407 e. The molecule has 0 radical (unpaired) electrons. The van der Waals surface area contributed by atoms with Gasteiger partial charge in [-0.25, -0.2) is 4.79 Å². The number of hydrogen-bond donors (Lipinski definition) is 3. The molecule has 0 heterocycles. The maximum Gasteiger partial charge on any atom is 0.407 e. The third-order valence-corrected chi connectivity index (χ3v) is 4.91. The quantitative estimate of drug-likeness (QED) is 0.337. The fourth-order valence-electron chi connectivity index (χ4n) is 3.37. The third-order valence-electron chi connectivity index (χ3n) is 4.91. The summed E-state index contributed by atoms with van der Waals surface area (Å²) in [5.41, 5.74) is 3.84. The summed E-state index contributed by atoms with van der Waals surface area (Å²) in [5, 5.41) is 17.7. The molecule has 2 amide bonds. The summed E-state index contributed by atoms with van der Waals surface area (Å²) in [6.45, 7) is 4.74. The van der Waals surface area contributed by atoms with Crippen molar-refractivity contribution in [2.45, 2.75) is 52.0 Å². The minimum Gasteiger partial charge on any atom is -0.450 e. The molecule has 1 unspecified atom stereocenters. The number of carbonyl (C=O) groups is 2. The van der Waals surface area contributed by atoms with Crippen LogP contribution in [0.25, 0.3) is 0 Å². The topological polar surface area (TPSA) is 103 Å². The van der Waals surface area contributed by atoms with E-state index in [9.17, 15) is 14.9 Å². The van der Waals surface area contributed by atoms with Crippen LogP contribution < -0.4 is 16.0 Å². The van der Waals surface area contributed by atoms with Crippen LogP contribution in [0.5, 0.6) is 0 Å². The Morgan fingerprint density at radius 2 is 1.97 bits per heavy atom. The van der Waals surface area contributed by atoms with Crippen molar-refractivity contribution in [3.05, 3.63) is 46.7 Å². The molecule has 0 aromatic heterocycles. The van der Waals surface area contributed by atoms with Crippen LogP contribution in [0.1, 0.15) is 55.8 Å². The van der Waals surface area contributed by atoms with Gasteiger partial charge in [0.15, 0.2) is 0 Å². The zero-order valence-corrected chi connectivity index (χ0v) is 17.2. The zero-order valence-electron chi connectivity index (χ0n) is 17.2. The monoisotopic (exact) mass is 398 g/mol. The molecule has 0 aliphatic heterocycles. The van der Waals surface area contributed by atoms with Crippen LogP contribution in [0.2, 0.25) is 0 Å². The Kier molecular flexibility index (Phi) is 9.03. The van der Waals surface area contributed by atoms with E-state index in [-0.39, 0.29) is 11.6 Å². The Bertz CT molecular complexity index is 783. The fraction of sp³-hybridized carbons (Fsp3) is 0.500. The number of nitriles is 1. The van der Waals surface area contributed by atoms with Gasteiger partial charge in [0.05, 0.1) is 12.6 Å². The molecule has 3 N–H and O–H groups in total. The number of ether oxygens (including phenoxy) is 1. The van der Waals surface area contributed by atoms with E-state index in [2.05, 4.69) is 34.1 Å². The highest BCUT2D eigenvalue weighted by molar-refractivity contribution is 5.97. The van der Waals surface area contributed by atoms with E-state index in [1.807, 2.05) is 13.0 Å². The lowest BCUT2D eigenvalue weighted by molar-refractivity contribution is -0.117. The Balaban J connectivity index is 1.91. The van der Waals surface area contributed by atoms with Gasteiger partial charge in [-0.1, -0.05) is 25.1 Å². The van der Waals surface area contributed by atoms with Gasteiger partial charge in [-0.15, -0.1) is 0 Å². The highest BCUT2D eigenvalue weighted by Crippen LogP contribution is 2.26. The fourth-order valence-corrected chi connectivity index (χ4v) is 3.37. The normalized spacial score (nSPS) is 14.2. The lowest BCUT2D eigenvalue weighted by Crippen LogP contribution is -2.32. The Morgan fingerprint density at radius 3 is 2.66 bits per heavy atom. The van der Waals surface area contributed by atoms with Crippen molar-refractivity contribution in [2.24, 2.45) is 0 Å². The SMILES string of the molecule is CCOC(=O)NCCN/C=C(/C#N)C(=O)NC(CC)c1ccc2c(c1)CCCC2. The lowest BCUT2D eigenvalue weighted by atomic mass is 9.88. The van der Waals surface area contributed by atoms with E-state index in [1.54, 1.807) is 6.92 Å². The van der Waals surface area contributed by atoms with E-state index in [0.717, 1.165) is 24.8 Å². The number of fused-ring (bicyclic) bond motifs is 1. The molecule has 7 heteroatoms. The molecule has 1 aromatic carbocycles. The van der Waals surface area contributed by atoms with Crippen molar-refractivity contribution in [3.63, 3.8) is 0 Å².